The second kappa shape index (κ2) is 14.1. The number of nitrogens with zero attached hydrogens (tertiary/aromatic N) is 3. The molecule has 4 rings (SSSR count). The number of hydrogen-bond acceptors (Lipinski definition) is 8. The van der Waals surface area contributed by atoms with E-state index in [9.17, 15) is 14.9 Å². The fourth-order valence-corrected chi connectivity index (χ4v) is 5.51. The van der Waals surface area contributed by atoms with E-state index in [1.54, 1.807) is 36.3 Å². The van der Waals surface area contributed by atoms with Gasteiger partial charge >= 0.3 is 0 Å². The molecule has 1 heterocycles. The first-order valence-electron chi connectivity index (χ1n) is 12.6. The SMILES string of the molecule is CCOc1cc(/C=C2\SC(=Nc3ccccc3)N(CCCOC)C2=O)cc(Br)c1OCc1cccc([N+](=O)[O-])c1. The van der Waals surface area contributed by atoms with Crippen LogP contribution in [-0.4, -0.2) is 47.8 Å². The lowest BCUT2D eigenvalue weighted by molar-refractivity contribution is -0.384. The van der Waals surface area contributed by atoms with E-state index in [1.807, 2.05) is 43.3 Å². The minimum Gasteiger partial charge on any atom is -0.490 e. The van der Waals surface area contributed by atoms with Crippen LogP contribution in [0.2, 0.25) is 0 Å². The third-order valence-electron chi connectivity index (χ3n) is 5.73. The summed E-state index contributed by atoms with van der Waals surface area (Å²) in [6, 6.07) is 19.5. The topological polar surface area (TPSA) is 104 Å². The minimum atomic E-state index is -0.440. The number of amides is 1. The Kier molecular flexibility index (Phi) is 10.3. The number of halogens is 1. The van der Waals surface area contributed by atoms with Crippen LogP contribution in [0.4, 0.5) is 11.4 Å². The fourth-order valence-electron chi connectivity index (χ4n) is 3.91. The highest BCUT2D eigenvalue weighted by Gasteiger charge is 2.33. The number of non-ortho nitro benzene ring substituents is 1. The number of methoxy groups -OCH3 is 1. The van der Waals surface area contributed by atoms with Crippen molar-refractivity contribution in [3.8, 4) is 11.5 Å². The molecule has 208 valence electrons. The Bertz CT molecular complexity index is 1430. The molecular formula is C29H28BrN3O6S. The van der Waals surface area contributed by atoms with Crippen LogP contribution < -0.4 is 9.47 Å². The Balaban J connectivity index is 1.60. The van der Waals surface area contributed by atoms with Gasteiger partial charge in [-0.1, -0.05) is 30.3 Å². The average Bonchev–Trinajstić information content (AvgIpc) is 3.22. The second-order valence-electron chi connectivity index (χ2n) is 8.62. The number of hydrogen-bond donors (Lipinski definition) is 0. The molecule has 0 N–H and O–H groups in total. The number of nitro benzene ring substituents is 1. The van der Waals surface area contributed by atoms with E-state index in [4.69, 9.17) is 19.2 Å². The van der Waals surface area contributed by atoms with Crippen LogP contribution in [0.5, 0.6) is 11.5 Å². The summed E-state index contributed by atoms with van der Waals surface area (Å²) >= 11 is 4.89. The van der Waals surface area contributed by atoms with Gasteiger partial charge in [0.2, 0.25) is 0 Å². The number of nitro groups is 1. The van der Waals surface area contributed by atoms with Gasteiger partial charge in [0.1, 0.15) is 6.61 Å². The molecule has 1 fully saturated rings. The van der Waals surface area contributed by atoms with Crippen LogP contribution >= 0.6 is 27.7 Å². The van der Waals surface area contributed by atoms with Crippen molar-refractivity contribution in [3.05, 3.63) is 97.3 Å². The normalized spacial score (nSPS) is 15.2. The largest absolute Gasteiger partial charge is 0.490 e. The highest BCUT2D eigenvalue weighted by molar-refractivity contribution is 9.10. The van der Waals surface area contributed by atoms with Crippen molar-refractivity contribution in [2.24, 2.45) is 4.99 Å². The van der Waals surface area contributed by atoms with Gasteiger partial charge in [0.25, 0.3) is 11.6 Å². The smallest absolute Gasteiger partial charge is 0.269 e. The van der Waals surface area contributed by atoms with E-state index in [0.717, 1.165) is 11.3 Å². The van der Waals surface area contributed by atoms with Gasteiger partial charge in [-0.25, -0.2) is 4.99 Å². The molecule has 0 bridgehead atoms. The number of para-hydroxylation sites is 1. The van der Waals surface area contributed by atoms with E-state index in [2.05, 4.69) is 15.9 Å². The number of ether oxygens (including phenoxy) is 3. The molecule has 1 amide bonds. The van der Waals surface area contributed by atoms with Crippen molar-refractivity contribution in [1.82, 2.24) is 4.90 Å². The fraction of sp³-hybridized carbons (Fsp3) is 0.241. The van der Waals surface area contributed by atoms with E-state index in [0.29, 0.717) is 57.8 Å². The van der Waals surface area contributed by atoms with Gasteiger partial charge in [-0.15, -0.1) is 0 Å². The van der Waals surface area contributed by atoms with Gasteiger partial charge in [-0.2, -0.15) is 0 Å². The molecule has 40 heavy (non-hydrogen) atoms. The van der Waals surface area contributed by atoms with Crippen LogP contribution in [-0.2, 0) is 16.1 Å². The monoisotopic (exact) mass is 625 g/mol. The third-order valence-corrected chi connectivity index (χ3v) is 7.33. The number of aliphatic imine (C=N–C) groups is 1. The lowest BCUT2D eigenvalue weighted by Gasteiger charge is -2.15. The first-order chi connectivity index (χ1) is 19.4. The molecule has 3 aromatic carbocycles. The Morgan fingerprint density at radius 2 is 1.90 bits per heavy atom. The minimum absolute atomic E-state index is 0.00247. The number of benzene rings is 3. The molecule has 1 aliphatic heterocycles. The Hall–Kier alpha value is -3.67. The van der Waals surface area contributed by atoms with Gasteiger partial charge in [0.05, 0.1) is 26.6 Å². The molecule has 9 nitrogen and oxygen atoms in total. The highest BCUT2D eigenvalue weighted by Crippen LogP contribution is 2.40. The maximum absolute atomic E-state index is 13.4. The van der Waals surface area contributed by atoms with Gasteiger partial charge in [0.15, 0.2) is 16.7 Å². The number of amidine groups is 1. The number of carbonyl (C=O) groups excluding carboxylic acids is 1. The lowest BCUT2D eigenvalue weighted by Crippen LogP contribution is -2.30. The van der Waals surface area contributed by atoms with Gasteiger partial charge in [-0.3, -0.25) is 19.8 Å². The summed E-state index contributed by atoms with van der Waals surface area (Å²) in [6.45, 7) is 3.40. The van der Waals surface area contributed by atoms with Crippen molar-refractivity contribution >= 4 is 56.2 Å². The molecule has 3 aromatic rings. The van der Waals surface area contributed by atoms with Gasteiger partial charge in [0, 0.05) is 32.4 Å². The quantitative estimate of drug-likeness (QED) is 0.0926. The summed E-state index contributed by atoms with van der Waals surface area (Å²) in [4.78, 5) is 31.0. The standard InChI is InChI=1S/C29H28BrN3O6S/c1-3-38-25-17-21(16-24(30)27(25)39-19-20-9-7-12-23(15-20)33(35)36)18-26-28(34)32(13-8-14-37-2)29(40-26)31-22-10-5-4-6-11-22/h4-7,9-12,15-18H,3,8,13-14,19H2,1-2H3/b26-18-,31-29?. The van der Waals surface area contributed by atoms with Crippen molar-refractivity contribution in [2.45, 2.75) is 20.0 Å². The maximum Gasteiger partial charge on any atom is 0.269 e. The predicted octanol–water partition coefficient (Wildman–Crippen LogP) is 6.98. The van der Waals surface area contributed by atoms with Crippen LogP contribution in [0.1, 0.15) is 24.5 Å². The number of rotatable bonds is 12. The summed E-state index contributed by atoms with van der Waals surface area (Å²) in [5.41, 5.74) is 2.16. The number of carbonyl (C=O) groups is 1. The predicted molar refractivity (Wildman–Crippen MR) is 160 cm³/mol. The molecule has 0 aliphatic carbocycles. The summed E-state index contributed by atoms with van der Waals surface area (Å²) in [5, 5.41) is 11.7. The zero-order chi connectivity index (χ0) is 28.5. The molecule has 0 unspecified atom stereocenters. The number of thioether (sulfide) groups is 1. The molecule has 0 radical (unpaired) electrons. The summed E-state index contributed by atoms with van der Waals surface area (Å²) < 4.78 is 17.7. The van der Waals surface area contributed by atoms with Crippen LogP contribution in [0.25, 0.3) is 6.08 Å². The lowest BCUT2D eigenvalue weighted by atomic mass is 10.1. The van der Waals surface area contributed by atoms with E-state index in [-0.39, 0.29) is 18.2 Å². The van der Waals surface area contributed by atoms with Crippen LogP contribution in [0.15, 0.2) is 81.1 Å². The van der Waals surface area contributed by atoms with Gasteiger partial charge in [-0.05, 0) is 82.5 Å². The molecule has 0 spiro atoms. The third kappa shape index (κ3) is 7.50. The molecule has 1 aliphatic rings. The van der Waals surface area contributed by atoms with Crippen molar-refractivity contribution in [3.63, 3.8) is 0 Å². The molecule has 0 saturated carbocycles. The maximum atomic E-state index is 13.4. The Morgan fingerprint density at radius 1 is 1.10 bits per heavy atom. The Morgan fingerprint density at radius 3 is 2.62 bits per heavy atom. The average molecular weight is 627 g/mol. The summed E-state index contributed by atoms with van der Waals surface area (Å²) in [7, 11) is 1.63. The molecule has 1 saturated heterocycles. The van der Waals surface area contributed by atoms with Crippen LogP contribution in [0.3, 0.4) is 0 Å². The van der Waals surface area contributed by atoms with Crippen molar-refractivity contribution in [1.29, 1.82) is 0 Å². The molecular weight excluding hydrogens is 598 g/mol. The molecule has 11 heteroatoms. The summed E-state index contributed by atoms with van der Waals surface area (Å²) in [6.07, 6.45) is 2.49. The molecule has 0 atom stereocenters. The van der Waals surface area contributed by atoms with Crippen LogP contribution in [0, 0.1) is 10.1 Å². The van der Waals surface area contributed by atoms with Gasteiger partial charge < -0.3 is 14.2 Å². The first-order valence-corrected chi connectivity index (χ1v) is 14.2. The van der Waals surface area contributed by atoms with E-state index in [1.165, 1.54) is 23.9 Å². The molecule has 0 aromatic heterocycles. The summed E-state index contributed by atoms with van der Waals surface area (Å²) in [5.74, 6) is 0.823. The highest BCUT2D eigenvalue weighted by atomic mass is 79.9. The van der Waals surface area contributed by atoms with Crippen molar-refractivity contribution in [2.75, 3.05) is 26.9 Å². The Labute approximate surface area is 245 Å². The zero-order valence-corrected chi connectivity index (χ0v) is 24.4. The second-order valence-corrected chi connectivity index (χ2v) is 10.5. The first kappa shape index (κ1) is 29.3. The zero-order valence-electron chi connectivity index (χ0n) is 22.0. The van der Waals surface area contributed by atoms with Crippen molar-refractivity contribution < 1.29 is 23.9 Å². The van der Waals surface area contributed by atoms with E-state index < -0.39 is 4.92 Å². The van der Waals surface area contributed by atoms with E-state index >= 15 is 0 Å².